The first kappa shape index (κ1) is 24.7. The number of esters is 1. The maximum absolute atomic E-state index is 12.2. The number of cyclic esters (lactones) is 1. The Kier molecular flexibility index (Phi) is 6.45. The van der Waals surface area contributed by atoms with Crippen molar-refractivity contribution in [2.75, 3.05) is 6.61 Å². The monoisotopic (exact) mass is 476 g/mol. The van der Waals surface area contributed by atoms with E-state index in [-0.39, 0.29) is 53.2 Å². The van der Waals surface area contributed by atoms with Gasteiger partial charge < -0.3 is 24.4 Å². The summed E-state index contributed by atoms with van der Waals surface area (Å²) in [5.74, 6) is 0.718. The number of fused-ring (bicyclic) bond motifs is 1. The van der Waals surface area contributed by atoms with E-state index in [9.17, 15) is 15.0 Å². The van der Waals surface area contributed by atoms with E-state index in [1.54, 1.807) is 6.08 Å². The summed E-state index contributed by atoms with van der Waals surface area (Å²) in [5.41, 5.74) is 0.400. The lowest BCUT2D eigenvalue weighted by atomic mass is 9.49. The average molecular weight is 477 g/mol. The quantitative estimate of drug-likeness (QED) is 0.581. The second kappa shape index (κ2) is 8.86. The van der Waals surface area contributed by atoms with Crippen molar-refractivity contribution < 1.29 is 29.2 Å². The first-order chi connectivity index (χ1) is 16.1. The number of carbonyl (C=O) groups is 1. The number of hydrogen-bond donors (Lipinski definition) is 2. The van der Waals surface area contributed by atoms with Gasteiger partial charge in [0, 0.05) is 17.9 Å². The summed E-state index contributed by atoms with van der Waals surface area (Å²) in [6.07, 6.45) is 10.8. The summed E-state index contributed by atoms with van der Waals surface area (Å²) >= 11 is 0. The van der Waals surface area contributed by atoms with Crippen molar-refractivity contribution in [2.24, 2.45) is 28.6 Å². The third-order valence-electron chi connectivity index (χ3n) is 11.0. The fourth-order valence-corrected chi connectivity index (χ4v) is 8.60. The van der Waals surface area contributed by atoms with Gasteiger partial charge in [0.2, 0.25) is 0 Å². The standard InChI is InChI=1S/C28H44O6/c1-17-21(9-13-27(4)22(10-14-28(17,27)31)19-15-24(30)32-16-19)26(3)11-7-20(8-12-26)34-25-6-5-23(29)18(2)33-25/h15,17-18,20-23,25,29,31H,5-14,16H2,1-4H3/t17-,18?,20?,21?,22-,23-,25?,26?,27?,28+/m1/s1. The van der Waals surface area contributed by atoms with E-state index >= 15 is 0 Å². The van der Waals surface area contributed by atoms with Crippen LogP contribution in [0.1, 0.15) is 91.9 Å². The highest BCUT2D eigenvalue weighted by atomic mass is 16.7. The smallest absolute Gasteiger partial charge is 0.331 e. The number of aliphatic hydroxyl groups excluding tert-OH is 1. The van der Waals surface area contributed by atoms with Crippen LogP contribution in [0.3, 0.4) is 0 Å². The van der Waals surface area contributed by atoms with E-state index in [0.717, 1.165) is 69.8 Å². The molecule has 0 aromatic carbocycles. The third kappa shape index (κ3) is 3.97. The molecule has 2 heterocycles. The molecular formula is C28H44O6. The minimum atomic E-state index is -0.698. The van der Waals surface area contributed by atoms with Gasteiger partial charge in [0.05, 0.1) is 23.9 Å². The van der Waals surface area contributed by atoms with Gasteiger partial charge in [-0.3, -0.25) is 0 Å². The molecule has 4 unspecified atom stereocenters. The number of rotatable bonds is 4. The van der Waals surface area contributed by atoms with Gasteiger partial charge in [-0.1, -0.05) is 20.8 Å². The molecule has 5 rings (SSSR count). The van der Waals surface area contributed by atoms with Gasteiger partial charge in [0.1, 0.15) is 6.61 Å². The van der Waals surface area contributed by atoms with E-state index < -0.39 is 5.60 Å². The molecule has 192 valence electrons. The first-order valence-corrected chi connectivity index (χ1v) is 13.6. The van der Waals surface area contributed by atoms with E-state index in [4.69, 9.17) is 14.2 Å². The predicted octanol–water partition coefficient (Wildman–Crippen LogP) is 4.51. The van der Waals surface area contributed by atoms with Crippen LogP contribution in [0.15, 0.2) is 11.6 Å². The molecule has 3 saturated carbocycles. The summed E-state index contributed by atoms with van der Waals surface area (Å²) in [6.45, 7) is 9.30. The number of aliphatic hydroxyl groups is 2. The van der Waals surface area contributed by atoms with Crippen LogP contribution in [-0.4, -0.2) is 53.0 Å². The van der Waals surface area contributed by atoms with Crippen LogP contribution in [0.2, 0.25) is 0 Å². The molecule has 5 aliphatic rings. The highest BCUT2D eigenvalue weighted by Crippen LogP contribution is 2.66. The first-order valence-electron chi connectivity index (χ1n) is 13.6. The maximum atomic E-state index is 12.2. The Hall–Kier alpha value is -0.950. The molecule has 2 N–H and O–H groups in total. The van der Waals surface area contributed by atoms with Crippen LogP contribution in [0.5, 0.6) is 0 Å². The minimum absolute atomic E-state index is 0.161. The highest BCUT2D eigenvalue weighted by molar-refractivity contribution is 5.85. The minimum Gasteiger partial charge on any atom is -0.458 e. The summed E-state index contributed by atoms with van der Waals surface area (Å²) in [6, 6.07) is 0. The Labute approximate surface area is 204 Å². The molecule has 6 heteroatoms. The van der Waals surface area contributed by atoms with Gasteiger partial charge in [-0.15, -0.1) is 0 Å². The summed E-state index contributed by atoms with van der Waals surface area (Å²) in [5, 5.41) is 22.1. The molecule has 34 heavy (non-hydrogen) atoms. The van der Waals surface area contributed by atoms with Crippen molar-refractivity contribution in [3.05, 3.63) is 11.6 Å². The molecule has 4 fully saturated rings. The molecule has 8 atom stereocenters. The number of hydrogen-bond acceptors (Lipinski definition) is 6. The van der Waals surface area contributed by atoms with Gasteiger partial charge in [0.15, 0.2) is 6.29 Å². The molecular weight excluding hydrogens is 432 g/mol. The zero-order valence-electron chi connectivity index (χ0n) is 21.4. The predicted molar refractivity (Wildman–Crippen MR) is 128 cm³/mol. The number of carbonyl (C=O) groups excluding carboxylic acids is 1. The number of ether oxygens (including phenoxy) is 3. The van der Waals surface area contributed by atoms with Gasteiger partial charge in [0.25, 0.3) is 0 Å². The van der Waals surface area contributed by atoms with Crippen molar-refractivity contribution in [3.63, 3.8) is 0 Å². The Morgan fingerprint density at radius 2 is 1.74 bits per heavy atom. The lowest BCUT2D eigenvalue weighted by Gasteiger charge is -2.58. The van der Waals surface area contributed by atoms with Gasteiger partial charge in [-0.2, -0.15) is 0 Å². The molecule has 0 spiro atoms. The van der Waals surface area contributed by atoms with Crippen molar-refractivity contribution >= 4 is 5.97 Å². The van der Waals surface area contributed by atoms with E-state index in [1.165, 1.54) is 0 Å². The normalized spacial score (nSPS) is 51.6. The van der Waals surface area contributed by atoms with Crippen LogP contribution < -0.4 is 0 Å². The molecule has 6 nitrogen and oxygen atoms in total. The summed E-state index contributed by atoms with van der Waals surface area (Å²) in [7, 11) is 0. The Morgan fingerprint density at radius 1 is 1.00 bits per heavy atom. The zero-order chi connectivity index (χ0) is 24.3. The van der Waals surface area contributed by atoms with Gasteiger partial charge in [-0.05, 0) is 93.5 Å². The van der Waals surface area contributed by atoms with E-state index in [2.05, 4.69) is 20.8 Å². The van der Waals surface area contributed by atoms with Crippen molar-refractivity contribution in [1.29, 1.82) is 0 Å². The molecule has 0 aromatic heterocycles. The fourth-order valence-electron chi connectivity index (χ4n) is 8.60. The molecule has 3 aliphatic carbocycles. The zero-order valence-corrected chi connectivity index (χ0v) is 21.4. The molecule has 0 radical (unpaired) electrons. The lowest BCUT2D eigenvalue weighted by molar-refractivity contribution is -0.242. The maximum Gasteiger partial charge on any atom is 0.331 e. The largest absolute Gasteiger partial charge is 0.458 e. The van der Waals surface area contributed by atoms with Crippen LogP contribution in [0.25, 0.3) is 0 Å². The Balaban J connectivity index is 1.23. The Morgan fingerprint density at radius 3 is 2.38 bits per heavy atom. The SMILES string of the molecule is CC1OC(OC2CCC(C)(C3CCC4(C)[C@@H](C5=CC(=O)OC5)CC[C@]4(O)[C@@H]3C)CC2)CC[C@H]1O. The summed E-state index contributed by atoms with van der Waals surface area (Å²) < 4.78 is 17.4. The highest BCUT2D eigenvalue weighted by Gasteiger charge is 2.64. The lowest BCUT2D eigenvalue weighted by Crippen LogP contribution is -2.58. The van der Waals surface area contributed by atoms with Gasteiger partial charge in [-0.25, -0.2) is 4.79 Å². The van der Waals surface area contributed by atoms with Crippen molar-refractivity contribution in [3.8, 4) is 0 Å². The topological polar surface area (TPSA) is 85.2 Å². The molecule has 1 saturated heterocycles. The molecule has 0 amide bonds. The van der Waals surface area contributed by atoms with Crippen LogP contribution in [0, 0.1) is 28.6 Å². The van der Waals surface area contributed by atoms with Crippen LogP contribution in [0.4, 0.5) is 0 Å². The average Bonchev–Trinajstić information content (AvgIpc) is 3.34. The van der Waals surface area contributed by atoms with E-state index in [0.29, 0.717) is 12.5 Å². The van der Waals surface area contributed by atoms with Crippen LogP contribution >= 0.6 is 0 Å². The fraction of sp³-hybridized carbons (Fsp3) is 0.893. The molecule has 2 aliphatic heterocycles. The van der Waals surface area contributed by atoms with E-state index in [1.807, 2.05) is 6.92 Å². The molecule has 0 bridgehead atoms. The van der Waals surface area contributed by atoms with Crippen LogP contribution in [-0.2, 0) is 19.0 Å². The van der Waals surface area contributed by atoms with Crippen molar-refractivity contribution in [1.82, 2.24) is 0 Å². The Bertz CT molecular complexity index is 816. The second-order valence-electron chi connectivity index (χ2n) is 12.6. The third-order valence-corrected chi connectivity index (χ3v) is 11.0. The second-order valence-corrected chi connectivity index (χ2v) is 12.6. The van der Waals surface area contributed by atoms with Gasteiger partial charge >= 0.3 is 5.97 Å². The molecule has 0 aromatic rings. The summed E-state index contributed by atoms with van der Waals surface area (Å²) in [4.78, 5) is 11.7. The van der Waals surface area contributed by atoms with Crippen molar-refractivity contribution in [2.45, 2.75) is 122 Å².